The number of nitrogens with one attached hydrogen (secondary N) is 2. The largest absolute Gasteiger partial charge is 0.375 e. The molecule has 2 N–H and O–H groups in total. The fourth-order valence-electron chi connectivity index (χ4n) is 2.08. The lowest BCUT2D eigenvalue weighted by Crippen LogP contribution is -2.31. The molecule has 0 aromatic heterocycles. The highest BCUT2D eigenvalue weighted by Gasteiger charge is 2.03. The molecule has 2 aromatic carbocycles. The zero-order valence-electron chi connectivity index (χ0n) is 12.9. The van der Waals surface area contributed by atoms with Crippen LogP contribution in [-0.2, 0) is 0 Å². The summed E-state index contributed by atoms with van der Waals surface area (Å²) in [4.78, 5) is 2.19. The maximum absolute atomic E-state index is 13.1. The molecule has 0 atom stereocenters. The lowest BCUT2D eigenvalue weighted by atomic mass is 10.3. The maximum Gasteiger partial charge on any atom is 0.170 e. The quantitative estimate of drug-likeness (QED) is 0.599. The highest BCUT2D eigenvalue weighted by atomic mass is 35.5. The summed E-state index contributed by atoms with van der Waals surface area (Å²) >= 11 is 10.9. The van der Waals surface area contributed by atoms with Crippen molar-refractivity contribution in [2.24, 2.45) is 0 Å². The zero-order chi connectivity index (χ0) is 16.7. The average Bonchev–Trinajstić information content (AvgIpc) is 2.55. The Morgan fingerprint density at radius 3 is 2.65 bits per heavy atom. The molecule has 2 aromatic rings. The molecule has 0 spiro atoms. The molecule has 2 rings (SSSR count). The smallest absolute Gasteiger partial charge is 0.170 e. The third kappa shape index (κ3) is 5.69. The standard InChI is InChI=1S/C17H19ClFN3S/c1-22(14-6-3-2-4-7-14)11-5-10-20-17(23)21-13-8-9-16(19)15(18)12-13/h2-4,6-9,12H,5,10-11H2,1H3,(H2,20,21,23). The van der Waals surface area contributed by atoms with Crippen molar-refractivity contribution in [2.75, 3.05) is 30.4 Å². The minimum Gasteiger partial charge on any atom is -0.375 e. The molecule has 23 heavy (non-hydrogen) atoms. The molecule has 0 fully saturated rings. The lowest BCUT2D eigenvalue weighted by Gasteiger charge is -2.19. The minimum absolute atomic E-state index is 0.0716. The van der Waals surface area contributed by atoms with E-state index in [1.165, 1.54) is 17.8 Å². The van der Waals surface area contributed by atoms with E-state index in [0.717, 1.165) is 19.5 Å². The normalized spacial score (nSPS) is 10.2. The van der Waals surface area contributed by atoms with Crippen LogP contribution in [0.25, 0.3) is 0 Å². The third-order valence-electron chi connectivity index (χ3n) is 3.33. The summed E-state index contributed by atoms with van der Waals surface area (Å²) in [5, 5.41) is 6.68. The molecule has 6 heteroatoms. The van der Waals surface area contributed by atoms with Gasteiger partial charge in [-0.25, -0.2) is 4.39 Å². The summed E-state index contributed by atoms with van der Waals surface area (Å²) in [7, 11) is 2.06. The molecule has 0 aliphatic rings. The number of nitrogens with zero attached hydrogens (tertiary/aromatic N) is 1. The van der Waals surface area contributed by atoms with Crippen LogP contribution in [0.1, 0.15) is 6.42 Å². The number of para-hydroxylation sites is 1. The van der Waals surface area contributed by atoms with Gasteiger partial charge in [0.1, 0.15) is 5.82 Å². The van der Waals surface area contributed by atoms with Crippen LogP contribution in [0.3, 0.4) is 0 Å². The van der Waals surface area contributed by atoms with Gasteiger partial charge in [-0.05, 0) is 49.0 Å². The number of hydrogen-bond donors (Lipinski definition) is 2. The van der Waals surface area contributed by atoms with Crippen LogP contribution in [-0.4, -0.2) is 25.2 Å². The molecular weight excluding hydrogens is 333 g/mol. The Morgan fingerprint density at radius 1 is 1.22 bits per heavy atom. The Morgan fingerprint density at radius 2 is 1.96 bits per heavy atom. The van der Waals surface area contributed by atoms with Crippen LogP contribution in [0.4, 0.5) is 15.8 Å². The Balaban J connectivity index is 1.69. The summed E-state index contributed by atoms with van der Waals surface area (Å²) in [6.07, 6.45) is 0.942. The van der Waals surface area contributed by atoms with Crippen LogP contribution in [0.15, 0.2) is 48.5 Å². The van der Waals surface area contributed by atoms with Crippen LogP contribution in [0.2, 0.25) is 5.02 Å². The van der Waals surface area contributed by atoms with E-state index in [9.17, 15) is 4.39 Å². The van der Waals surface area contributed by atoms with Gasteiger partial charge in [-0.2, -0.15) is 0 Å². The van der Waals surface area contributed by atoms with Gasteiger partial charge in [0, 0.05) is 31.5 Å². The molecule has 0 aliphatic carbocycles. The molecule has 0 saturated heterocycles. The van der Waals surface area contributed by atoms with E-state index in [4.69, 9.17) is 23.8 Å². The first-order chi connectivity index (χ1) is 11.1. The number of benzene rings is 2. The Bertz CT molecular complexity index is 652. The van der Waals surface area contributed by atoms with Gasteiger partial charge < -0.3 is 15.5 Å². The van der Waals surface area contributed by atoms with Crippen molar-refractivity contribution in [1.29, 1.82) is 0 Å². The second-order valence-electron chi connectivity index (χ2n) is 5.12. The molecule has 0 amide bonds. The van der Waals surface area contributed by atoms with Gasteiger partial charge in [-0.3, -0.25) is 0 Å². The molecule has 0 bridgehead atoms. The SMILES string of the molecule is CN(CCCNC(=S)Nc1ccc(F)c(Cl)c1)c1ccccc1. The van der Waals surface area contributed by atoms with Crippen LogP contribution in [0.5, 0.6) is 0 Å². The van der Waals surface area contributed by atoms with Crippen molar-refractivity contribution in [3.8, 4) is 0 Å². The monoisotopic (exact) mass is 351 g/mol. The first-order valence-corrected chi connectivity index (χ1v) is 8.11. The third-order valence-corrected chi connectivity index (χ3v) is 3.87. The molecule has 0 heterocycles. The van der Waals surface area contributed by atoms with Crippen molar-refractivity contribution in [1.82, 2.24) is 5.32 Å². The molecule has 0 saturated carbocycles. The Labute approximate surface area is 146 Å². The van der Waals surface area contributed by atoms with E-state index >= 15 is 0 Å². The van der Waals surface area contributed by atoms with Crippen molar-refractivity contribution >= 4 is 40.3 Å². The van der Waals surface area contributed by atoms with E-state index in [0.29, 0.717) is 10.8 Å². The van der Waals surface area contributed by atoms with Gasteiger partial charge in [-0.15, -0.1) is 0 Å². The summed E-state index contributed by atoms with van der Waals surface area (Å²) < 4.78 is 13.1. The lowest BCUT2D eigenvalue weighted by molar-refractivity contribution is 0.628. The first kappa shape index (κ1) is 17.5. The molecule has 0 radical (unpaired) electrons. The second-order valence-corrected chi connectivity index (χ2v) is 5.94. The summed E-state index contributed by atoms with van der Waals surface area (Å²) in [5.74, 6) is -0.444. The van der Waals surface area contributed by atoms with Gasteiger partial charge in [0.05, 0.1) is 5.02 Å². The van der Waals surface area contributed by atoms with Crippen molar-refractivity contribution in [2.45, 2.75) is 6.42 Å². The summed E-state index contributed by atoms with van der Waals surface area (Å²) in [5.41, 5.74) is 1.85. The number of halogens is 2. The Hall–Kier alpha value is -1.85. The minimum atomic E-state index is -0.444. The summed E-state index contributed by atoms with van der Waals surface area (Å²) in [6, 6.07) is 14.6. The Kier molecular flexibility index (Phi) is 6.62. The number of anilines is 2. The number of hydrogen-bond acceptors (Lipinski definition) is 2. The molecule has 3 nitrogen and oxygen atoms in total. The maximum atomic E-state index is 13.1. The van der Waals surface area contributed by atoms with E-state index in [-0.39, 0.29) is 5.02 Å². The van der Waals surface area contributed by atoms with Crippen LogP contribution >= 0.6 is 23.8 Å². The highest BCUT2D eigenvalue weighted by Crippen LogP contribution is 2.19. The second kappa shape index (κ2) is 8.70. The topological polar surface area (TPSA) is 27.3 Å². The molecule has 0 unspecified atom stereocenters. The molecule has 0 aliphatic heterocycles. The van der Waals surface area contributed by atoms with Crippen molar-refractivity contribution < 1.29 is 4.39 Å². The molecule has 122 valence electrons. The van der Waals surface area contributed by atoms with E-state index in [1.807, 2.05) is 18.2 Å². The van der Waals surface area contributed by atoms with Gasteiger partial charge >= 0.3 is 0 Å². The number of rotatable bonds is 6. The first-order valence-electron chi connectivity index (χ1n) is 7.32. The van der Waals surface area contributed by atoms with E-state index in [1.54, 1.807) is 6.07 Å². The molecular formula is C17H19ClFN3S. The highest BCUT2D eigenvalue weighted by molar-refractivity contribution is 7.80. The number of thiocarbonyl (C=S) groups is 1. The fraction of sp³-hybridized carbons (Fsp3) is 0.235. The summed E-state index contributed by atoms with van der Waals surface area (Å²) in [6.45, 7) is 1.67. The van der Waals surface area contributed by atoms with Gasteiger partial charge in [0.25, 0.3) is 0 Å². The average molecular weight is 352 g/mol. The van der Waals surface area contributed by atoms with Crippen molar-refractivity contribution in [3.05, 3.63) is 59.4 Å². The van der Waals surface area contributed by atoms with Crippen LogP contribution < -0.4 is 15.5 Å². The zero-order valence-corrected chi connectivity index (χ0v) is 14.4. The van der Waals surface area contributed by atoms with Crippen molar-refractivity contribution in [3.63, 3.8) is 0 Å². The van der Waals surface area contributed by atoms with Gasteiger partial charge in [0.15, 0.2) is 5.11 Å². The predicted octanol–water partition coefficient (Wildman–Crippen LogP) is 4.29. The van der Waals surface area contributed by atoms with E-state index < -0.39 is 5.82 Å². The van der Waals surface area contributed by atoms with Gasteiger partial charge in [0.2, 0.25) is 0 Å². The predicted molar refractivity (Wildman–Crippen MR) is 100.0 cm³/mol. The van der Waals surface area contributed by atoms with E-state index in [2.05, 4.69) is 34.7 Å². The fourth-order valence-corrected chi connectivity index (χ4v) is 2.48. The van der Waals surface area contributed by atoms with Gasteiger partial charge in [-0.1, -0.05) is 29.8 Å². The van der Waals surface area contributed by atoms with Crippen LogP contribution in [0, 0.1) is 5.82 Å².